The van der Waals surface area contributed by atoms with E-state index < -0.39 is 35.5 Å². The van der Waals surface area contributed by atoms with Crippen LogP contribution >= 0.6 is 0 Å². The molecule has 5 heterocycles. The topological polar surface area (TPSA) is 165 Å². The second kappa shape index (κ2) is 15.8. The summed E-state index contributed by atoms with van der Waals surface area (Å²) >= 11 is 0. The van der Waals surface area contributed by atoms with Gasteiger partial charge in [-0.3, -0.25) is 39.1 Å². The van der Waals surface area contributed by atoms with Gasteiger partial charge in [0.05, 0.1) is 47.3 Å². The number of carbonyl (C=O) groups is 5. The molecule has 15 heteroatoms. The smallest absolute Gasteiger partial charge is 0.262 e. The molecule has 63 heavy (non-hydrogen) atoms. The lowest BCUT2D eigenvalue weighted by atomic mass is 9.49. The first-order chi connectivity index (χ1) is 30.1. The maximum atomic E-state index is 15.5. The van der Waals surface area contributed by atoms with Crippen LogP contribution in [0.5, 0.6) is 11.5 Å². The molecule has 2 saturated carbocycles. The number of piperidine rings is 1. The van der Waals surface area contributed by atoms with Crippen LogP contribution in [0.1, 0.15) is 114 Å². The van der Waals surface area contributed by atoms with E-state index in [0.29, 0.717) is 54.0 Å². The molecule has 6 aliphatic rings. The Morgan fingerprint density at radius 2 is 1.54 bits per heavy atom. The van der Waals surface area contributed by atoms with Gasteiger partial charge in [0.2, 0.25) is 11.8 Å². The van der Waals surface area contributed by atoms with Gasteiger partial charge in [-0.1, -0.05) is 33.6 Å². The molecule has 9 rings (SSSR count). The first-order valence-electron chi connectivity index (χ1n) is 21.7. The molecule has 4 fully saturated rings. The van der Waals surface area contributed by atoms with E-state index in [1.54, 1.807) is 18.2 Å². The molecule has 3 aromatic rings. The summed E-state index contributed by atoms with van der Waals surface area (Å²) in [4.78, 5) is 76.5. The van der Waals surface area contributed by atoms with Crippen molar-refractivity contribution in [1.29, 1.82) is 5.26 Å². The van der Waals surface area contributed by atoms with E-state index in [0.717, 1.165) is 55.4 Å². The van der Waals surface area contributed by atoms with Crippen molar-refractivity contribution in [2.45, 2.75) is 97.0 Å². The fourth-order valence-electron chi connectivity index (χ4n) is 11.5. The molecule has 1 atom stereocenters. The Kier molecular flexibility index (Phi) is 10.5. The number of nitrogens with zero attached hydrogens (tertiary/aromatic N) is 6. The molecule has 2 aliphatic carbocycles. The number of nitriles is 1. The molecule has 0 bridgehead atoms. The van der Waals surface area contributed by atoms with Crippen molar-refractivity contribution in [3.8, 4) is 29.4 Å². The average Bonchev–Trinajstić information content (AvgIpc) is 3.70. The second-order valence-electron chi connectivity index (χ2n) is 18.7. The molecular weight excluding hydrogens is 806 g/mol. The summed E-state index contributed by atoms with van der Waals surface area (Å²) in [5, 5.41) is 11.6. The number of hydrogen-bond donors (Lipinski definition) is 1. The zero-order valence-corrected chi connectivity index (χ0v) is 36.1. The molecular formula is C48H50FN7O7. The number of halogens is 1. The van der Waals surface area contributed by atoms with Crippen molar-refractivity contribution in [1.82, 2.24) is 25.0 Å². The van der Waals surface area contributed by atoms with Gasteiger partial charge in [-0.25, -0.2) is 9.37 Å². The number of piperazine rings is 1. The Labute approximate surface area is 365 Å². The normalized spacial score (nSPS) is 26.3. The van der Waals surface area contributed by atoms with E-state index in [1.165, 1.54) is 13.2 Å². The van der Waals surface area contributed by atoms with Crippen molar-refractivity contribution in [3.05, 3.63) is 81.9 Å². The number of ether oxygens (including phenoxy) is 2. The van der Waals surface area contributed by atoms with Gasteiger partial charge in [0.25, 0.3) is 17.7 Å². The number of fused-ring (bicyclic) bond motifs is 2. The number of hydrogen-bond acceptors (Lipinski definition) is 11. The van der Waals surface area contributed by atoms with Gasteiger partial charge in [-0.15, -0.1) is 0 Å². The summed E-state index contributed by atoms with van der Waals surface area (Å²) < 4.78 is 27.4. The molecule has 4 aliphatic heterocycles. The van der Waals surface area contributed by atoms with Crippen LogP contribution in [0.3, 0.4) is 0 Å². The number of methoxy groups -OCH3 is 1. The van der Waals surface area contributed by atoms with Crippen LogP contribution in [-0.4, -0.2) is 107 Å². The highest BCUT2D eigenvalue weighted by Gasteiger charge is 2.67. The van der Waals surface area contributed by atoms with Crippen LogP contribution in [0.25, 0.3) is 0 Å². The number of pyridine rings is 1. The van der Waals surface area contributed by atoms with Gasteiger partial charge in [-0.2, -0.15) is 5.26 Å². The number of imide groups is 2. The standard InChI is InChI=1S/C48H50FN7O7/c1-47(2)45(48(3,4)46(47)63-31-14-9-28(25-50)39(22-31)62-5)55-26-36-32(42(55)59)15-11-29(51-36)10-6-27-7-12-30(13-8-27)53-18-20-54(21-19-53)38-24-34-33(23-35(38)49)43(60)56(44(34)61)37-16-17-40(57)52-41(37)58/h9,11,14-15,22-24,27,30,37,45-46H,7-8,12-13,16-21,26H2,1-5H3,(H,52,57,58)/t27-,30-,37?,45-,46-. The monoisotopic (exact) mass is 855 g/mol. The number of benzene rings is 2. The van der Waals surface area contributed by atoms with Gasteiger partial charge in [-0.05, 0) is 74.4 Å². The van der Waals surface area contributed by atoms with E-state index >= 15 is 4.39 Å². The number of aromatic nitrogens is 1. The SMILES string of the molecule is COc1cc(O[C@H]2C(C)(C)[C@H](N3Cc4nc(C#C[C@H]5CC[C@H](N6CCN(c7cc8c(cc7F)C(=O)N(C7CCC(=O)NC7=O)C8=O)CC6)CC5)ccc4C3=O)C2(C)C)ccc1C#N. The molecule has 1 N–H and O–H groups in total. The van der Waals surface area contributed by atoms with Crippen molar-refractivity contribution < 1.29 is 37.8 Å². The Bertz CT molecular complexity index is 2540. The van der Waals surface area contributed by atoms with Crippen LogP contribution in [-0.2, 0) is 16.1 Å². The molecule has 326 valence electrons. The quantitative estimate of drug-likeness (QED) is 0.249. The molecule has 0 spiro atoms. The van der Waals surface area contributed by atoms with Gasteiger partial charge in [0.15, 0.2) is 0 Å². The minimum Gasteiger partial charge on any atom is -0.495 e. The zero-order valence-electron chi connectivity index (χ0n) is 36.1. The molecule has 5 amide bonds. The third-order valence-electron chi connectivity index (χ3n) is 14.2. The number of carbonyl (C=O) groups excluding carboxylic acids is 5. The van der Waals surface area contributed by atoms with Crippen molar-refractivity contribution in [2.24, 2.45) is 16.7 Å². The van der Waals surface area contributed by atoms with E-state index in [4.69, 9.17) is 14.5 Å². The minimum absolute atomic E-state index is 0.0119. The fourth-order valence-corrected chi connectivity index (χ4v) is 11.5. The summed E-state index contributed by atoms with van der Waals surface area (Å²) in [6, 6.07) is 12.7. The van der Waals surface area contributed by atoms with Gasteiger partial charge >= 0.3 is 0 Å². The van der Waals surface area contributed by atoms with Crippen LogP contribution in [0.4, 0.5) is 10.1 Å². The Balaban J connectivity index is 0.778. The number of amides is 5. The summed E-state index contributed by atoms with van der Waals surface area (Å²) in [7, 11) is 1.53. The van der Waals surface area contributed by atoms with Crippen LogP contribution < -0.4 is 19.7 Å². The predicted octanol–water partition coefficient (Wildman–Crippen LogP) is 5.07. The van der Waals surface area contributed by atoms with E-state index in [-0.39, 0.29) is 64.5 Å². The molecule has 2 saturated heterocycles. The van der Waals surface area contributed by atoms with Crippen LogP contribution in [0.2, 0.25) is 0 Å². The summed E-state index contributed by atoms with van der Waals surface area (Å²) in [5.74, 6) is 4.89. The number of rotatable bonds is 7. The fraction of sp³-hybridized carbons (Fsp3) is 0.479. The van der Waals surface area contributed by atoms with Gasteiger partial charge in [0, 0.05) is 67.5 Å². The van der Waals surface area contributed by atoms with Crippen LogP contribution in [0, 0.1) is 45.7 Å². The predicted molar refractivity (Wildman–Crippen MR) is 227 cm³/mol. The highest BCUT2D eigenvalue weighted by Crippen LogP contribution is 2.59. The maximum absolute atomic E-state index is 15.5. The minimum atomic E-state index is -1.11. The lowest BCUT2D eigenvalue weighted by molar-refractivity contribution is -0.199. The van der Waals surface area contributed by atoms with Crippen molar-refractivity contribution >= 4 is 35.2 Å². The first kappa shape index (κ1) is 42.0. The van der Waals surface area contributed by atoms with Gasteiger partial charge in [0.1, 0.15) is 41.2 Å². The van der Waals surface area contributed by atoms with Crippen molar-refractivity contribution in [2.75, 3.05) is 38.2 Å². The van der Waals surface area contributed by atoms with Crippen molar-refractivity contribution in [3.63, 3.8) is 0 Å². The highest BCUT2D eigenvalue weighted by atomic mass is 19.1. The Morgan fingerprint density at radius 3 is 2.21 bits per heavy atom. The maximum Gasteiger partial charge on any atom is 0.262 e. The van der Waals surface area contributed by atoms with Gasteiger partial charge < -0.3 is 19.3 Å². The largest absolute Gasteiger partial charge is 0.495 e. The summed E-state index contributed by atoms with van der Waals surface area (Å²) in [6.07, 6.45) is 3.69. The average molecular weight is 856 g/mol. The second-order valence-corrected chi connectivity index (χ2v) is 18.7. The Morgan fingerprint density at radius 1 is 0.841 bits per heavy atom. The number of nitrogens with one attached hydrogen (secondary N) is 1. The van der Waals surface area contributed by atoms with E-state index in [1.807, 2.05) is 21.9 Å². The number of anilines is 1. The summed E-state index contributed by atoms with van der Waals surface area (Å²) in [5.41, 5.74) is 1.92. The Hall–Kier alpha value is -6.32. The van der Waals surface area contributed by atoms with E-state index in [9.17, 15) is 29.2 Å². The highest BCUT2D eigenvalue weighted by molar-refractivity contribution is 6.23. The summed E-state index contributed by atoms with van der Waals surface area (Å²) in [6.45, 7) is 11.4. The molecule has 1 aromatic heterocycles. The molecule has 0 radical (unpaired) electrons. The van der Waals surface area contributed by atoms with E-state index in [2.05, 4.69) is 55.8 Å². The first-order valence-corrected chi connectivity index (χ1v) is 21.7. The molecule has 2 aromatic carbocycles. The lowest BCUT2D eigenvalue weighted by Gasteiger charge is -2.65. The third-order valence-corrected chi connectivity index (χ3v) is 14.2. The molecule has 14 nitrogen and oxygen atoms in total. The lowest BCUT2D eigenvalue weighted by Crippen LogP contribution is -2.74. The zero-order chi connectivity index (χ0) is 44.5. The van der Waals surface area contributed by atoms with Crippen LogP contribution in [0.15, 0.2) is 42.5 Å². The molecule has 1 unspecified atom stereocenters. The third kappa shape index (κ3) is 7.16.